The number of aromatic nitrogens is 3. The number of anilines is 1. The van der Waals surface area contributed by atoms with Crippen molar-refractivity contribution in [2.24, 2.45) is 23.9 Å². The third-order valence-corrected chi connectivity index (χ3v) is 6.83. The fourth-order valence-electron chi connectivity index (χ4n) is 5.12. The molecule has 2 atom stereocenters. The highest BCUT2D eigenvalue weighted by atomic mass is 32.1. The average Bonchev–Trinajstić information content (AvgIpc) is 3.40. The van der Waals surface area contributed by atoms with Gasteiger partial charge in [-0.25, -0.2) is 9.98 Å². The number of hydrogen-bond acceptors (Lipinski definition) is 7. The van der Waals surface area contributed by atoms with E-state index in [1.165, 1.54) is 0 Å². The van der Waals surface area contributed by atoms with Crippen LogP contribution in [0.2, 0.25) is 0 Å². The molecule has 0 bridgehead atoms. The number of fused-ring (bicyclic) bond motifs is 1. The number of nitrogen functional groups attached to an aromatic ring is 1. The highest BCUT2D eigenvalue weighted by molar-refractivity contribution is 7.07. The number of ether oxygens (including phenoxy) is 1. The smallest absolute Gasteiger partial charge is 0.236 e. The minimum absolute atomic E-state index is 0.157. The summed E-state index contributed by atoms with van der Waals surface area (Å²) in [5.41, 5.74) is 9.92. The van der Waals surface area contributed by atoms with E-state index in [-0.39, 0.29) is 5.60 Å². The number of aldehydes is 1. The van der Waals surface area contributed by atoms with Gasteiger partial charge < -0.3 is 10.5 Å². The number of rotatable bonds is 3. The van der Waals surface area contributed by atoms with Crippen molar-refractivity contribution in [3.8, 4) is 0 Å². The second kappa shape index (κ2) is 5.64. The Balaban J connectivity index is 1.30. The molecule has 3 heterocycles. The molecule has 2 saturated carbocycles. The molecule has 2 aromatic heterocycles. The first kappa shape index (κ1) is 16.0. The van der Waals surface area contributed by atoms with Crippen LogP contribution in [-0.4, -0.2) is 39.1 Å². The van der Waals surface area contributed by atoms with E-state index >= 15 is 0 Å². The number of nitrogens with two attached hydrogens (primary N) is 1. The van der Waals surface area contributed by atoms with Crippen LogP contribution in [0.5, 0.6) is 0 Å². The summed E-state index contributed by atoms with van der Waals surface area (Å²) in [5.74, 6) is 2.65. The third-order valence-electron chi connectivity index (χ3n) is 6.25. The molecule has 2 fully saturated rings. The van der Waals surface area contributed by atoms with Gasteiger partial charge in [0.05, 0.1) is 23.3 Å². The van der Waals surface area contributed by atoms with Crippen LogP contribution in [0.15, 0.2) is 15.9 Å². The van der Waals surface area contributed by atoms with E-state index in [0.717, 1.165) is 49.9 Å². The highest BCUT2D eigenvalue weighted by Gasteiger charge is 2.54. The molecule has 7 nitrogen and oxygen atoms in total. The lowest BCUT2D eigenvalue weighted by Crippen LogP contribution is -2.31. The van der Waals surface area contributed by atoms with Gasteiger partial charge in [0.15, 0.2) is 6.29 Å². The van der Waals surface area contributed by atoms with Crippen LogP contribution in [0, 0.1) is 11.8 Å². The van der Waals surface area contributed by atoms with Crippen molar-refractivity contribution in [3.05, 3.63) is 27.8 Å². The van der Waals surface area contributed by atoms with Crippen molar-refractivity contribution in [1.29, 1.82) is 0 Å². The Kier molecular flexibility index (Phi) is 3.47. The molecule has 26 heavy (non-hydrogen) atoms. The summed E-state index contributed by atoms with van der Waals surface area (Å²) in [6, 6.07) is 0. The quantitative estimate of drug-likeness (QED) is 0.836. The van der Waals surface area contributed by atoms with E-state index in [0.29, 0.717) is 35.0 Å². The number of aryl methyl sites for hydroxylation is 1. The summed E-state index contributed by atoms with van der Waals surface area (Å²) in [6.45, 7) is 0.730. The number of carbonyl (C=O) groups excluding carboxylic acids is 1. The van der Waals surface area contributed by atoms with Gasteiger partial charge in [0.25, 0.3) is 0 Å². The van der Waals surface area contributed by atoms with Crippen LogP contribution in [0.1, 0.15) is 53.3 Å². The molecule has 2 unspecified atom stereocenters. The van der Waals surface area contributed by atoms with Crippen LogP contribution in [0.25, 0.3) is 0 Å². The first-order valence-corrected chi connectivity index (χ1v) is 9.92. The van der Waals surface area contributed by atoms with Crippen LogP contribution < -0.4 is 5.73 Å². The van der Waals surface area contributed by atoms with Gasteiger partial charge in [-0.1, -0.05) is 0 Å². The molecule has 0 radical (unpaired) electrons. The van der Waals surface area contributed by atoms with Gasteiger partial charge in [0.2, 0.25) is 5.90 Å². The second-order valence-corrected chi connectivity index (χ2v) is 8.52. The van der Waals surface area contributed by atoms with Crippen molar-refractivity contribution in [1.82, 2.24) is 14.8 Å². The molecular weight excluding hydrogens is 350 g/mol. The van der Waals surface area contributed by atoms with Gasteiger partial charge in [-0.15, -0.1) is 11.3 Å². The summed E-state index contributed by atoms with van der Waals surface area (Å²) < 4.78 is 7.91. The lowest BCUT2D eigenvalue weighted by molar-refractivity contribution is 0.0850. The van der Waals surface area contributed by atoms with Gasteiger partial charge in [0, 0.05) is 18.3 Å². The molecule has 2 N–H and O–H groups in total. The first-order chi connectivity index (χ1) is 12.6. The monoisotopic (exact) mass is 371 g/mol. The maximum Gasteiger partial charge on any atom is 0.236 e. The largest absolute Gasteiger partial charge is 0.468 e. The molecule has 1 aliphatic heterocycles. The van der Waals surface area contributed by atoms with E-state index in [1.807, 2.05) is 10.9 Å². The summed E-state index contributed by atoms with van der Waals surface area (Å²) >= 11 is 1.56. The van der Waals surface area contributed by atoms with Crippen molar-refractivity contribution in [3.63, 3.8) is 0 Å². The van der Waals surface area contributed by atoms with E-state index in [1.54, 1.807) is 23.1 Å². The zero-order valence-electron chi connectivity index (χ0n) is 14.6. The van der Waals surface area contributed by atoms with Crippen molar-refractivity contribution >= 4 is 29.3 Å². The van der Waals surface area contributed by atoms with Crippen LogP contribution in [0.3, 0.4) is 0 Å². The molecule has 3 aliphatic rings. The molecule has 2 aromatic rings. The zero-order valence-corrected chi connectivity index (χ0v) is 15.4. The normalized spacial score (nSPS) is 32.7. The van der Waals surface area contributed by atoms with Crippen LogP contribution >= 0.6 is 11.3 Å². The molecule has 2 aliphatic carbocycles. The Morgan fingerprint density at radius 1 is 1.38 bits per heavy atom. The Morgan fingerprint density at radius 2 is 2.15 bits per heavy atom. The molecule has 8 heteroatoms. The van der Waals surface area contributed by atoms with Crippen molar-refractivity contribution < 1.29 is 9.53 Å². The zero-order chi connectivity index (χ0) is 17.9. The summed E-state index contributed by atoms with van der Waals surface area (Å²) in [6.07, 6.45) is 4.97. The van der Waals surface area contributed by atoms with E-state index in [9.17, 15) is 4.79 Å². The Bertz CT molecular complexity index is 874. The SMILES string of the molecule is Cn1nc(C2CC3CC4(CN=C(c5cscn5)O4)CC3C2)c(C=O)c1N. The van der Waals surface area contributed by atoms with Gasteiger partial charge in [-0.2, -0.15) is 5.10 Å². The number of thiazole rings is 1. The fraction of sp³-hybridized carbons (Fsp3) is 0.556. The molecule has 136 valence electrons. The summed E-state index contributed by atoms with van der Waals surface area (Å²) in [5, 5.41) is 6.51. The minimum Gasteiger partial charge on any atom is -0.468 e. The molecule has 5 rings (SSSR count). The van der Waals surface area contributed by atoms with Crippen molar-refractivity contribution in [2.75, 3.05) is 12.3 Å². The second-order valence-electron chi connectivity index (χ2n) is 7.80. The predicted octanol–water partition coefficient (Wildman–Crippen LogP) is 2.39. The standard InChI is InChI=1S/C18H21N5O2S/c1-23-16(19)13(6-24)15(22-23)10-2-11-4-18(5-12(11)3-10)8-20-17(25-18)14-7-26-9-21-14/h6-7,9-12H,2-5,8,19H2,1H3. The number of hydrogen-bond donors (Lipinski definition) is 1. The number of nitrogens with zero attached hydrogens (tertiary/aromatic N) is 4. The van der Waals surface area contributed by atoms with E-state index < -0.39 is 0 Å². The lowest BCUT2D eigenvalue weighted by Gasteiger charge is -2.24. The molecule has 1 spiro atoms. The topological polar surface area (TPSA) is 95.4 Å². The highest BCUT2D eigenvalue weighted by Crippen LogP contribution is 2.56. The number of aliphatic imine (C=N–C) groups is 1. The predicted molar refractivity (Wildman–Crippen MR) is 98.5 cm³/mol. The van der Waals surface area contributed by atoms with Crippen LogP contribution in [-0.2, 0) is 11.8 Å². The fourth-order valence-corrected chi connectivity index (χ4v) is 5.65. The minimum atomic E-state index is -0.157. The maximum absolute atomic E-state index is 11.4. The molecular formula is C18H21N5O2S. The molecule has 0 amide bonds. The van der Waals surface area contributed by atoms with Crippen LogP contribution in [0.4, 0.5) is 5.82 Å². The first-order valence-electron chi connectivity index (χ1n) is 8.98. The Hall–Kier alpha value is -2.22. The third kappa shape index (κ3) is 2.31. The lowest BCUT2D eigenvalue weighted by atomic mass is 9.92. The Morgan fingerprint density at radius 3 is 2.81 bits per heavy atom. The Labute approximate surface area is 155 Å². The van der Waals surface area contributed by atoms with E-state index in [2.05, 4.69) is 15.1 Å². The summed E-state index contributed by atoms with van der Waals surface area (Å²) in [7, 11) is 1.79. The van der Waals surface area contributed by atoms with Crippen molar-refractivity contribution in [2.45, 2.75) is 37.2 Å². The maximum atomic E-state index is 11.4. The van der Waals surface area contributed by atoms with E-state index in [4.69, 9.17) is 10.5 Å². The average molecular weight is 371 g/mol. The number of carbonyl (C=O) groups is 1. The summed E-state index contributed by atoms with van der Waals surface area (Å²) in [4.78, 5) is 20.4. The molecule has 0 aromatic carbocycles. The van der Waals surface area contributed by atoms with Gasteiger partial charge in [0.1, 0.15) is 17.1 Å². The molecule has 0 saturated heterocycles. The van der Waals surface area contributed by atoms with Gasteiger partial charge in [-0.3, -0.25) is 9.48 Å². The van der Waals surface area contributed by atoms with Gasteiger partial charge >= 0.3 is 0 Å². The van der Waals surface area contributed by atoms with Gasteiger partial charge in [-0.05, 0) is 37.5 Å².